The van der Waals surface area contributed by atoms with Gasteiger partial charge in [0.2, 0.25) is 11.8 Å². The van der Waals surface area contributed by atoms with Crippen molar-refractivity contribution in [3.05, 3.63) is 59.9 Å². The van der Waals surface area contributed by atoms with Gasteiger partial charge < -0.3 is 9.73 Å². The quantitative estimate of drug-likeness (QED) is 0.652. The highest BCUT2D eigenvalue weighted by molar-refractivity contribution is 5.91. The van der Waals surface area contributed by atoms with Crippen LogP contribution in [0.2, 0.25) is 0 Å². The van der Waals surface area contributed by atoms with Gasteiger partial charge in [-0.1, -0.05) is 31.5 Å². The normalized spacial score (nSPS) is 11.0. The van der Waals surface area contributed by atoms with Crippen LogP contribution >= 0.6 is 0 Å². The van der Waals surface area contributed by atoms with E-state index in [2.05, 4.69) is 42.3 Å². The second-order valence-electron chi connectivity index (χ2n) is 7.08. The lowest BCUT2D eigenvalue weighted by Gasteiger charge is -2.07. The molecule has 1 aromatic heterocycles. The fourth-order valence-corrected chi connectivity index (χ4v) is 2.82. The average molecular weight is 348 g/mol. The molecular formula is C22H24N2O2. The SMILES string of the molecule is Cc1ccc(C)c(-c2coc(-c3ccc(NC(=O)CC(C)C)cc3)n2)c1. The third kappa shape index (κ3) is 4.20. The zero-order chi connectivity index (χ0) is 18.7. The predicted molar refractivity (Wildman–Crippen MR) is 105 cm³/mol. The molecule has 0 unspecified atom stereocenters. The summed E-state index contributed by atoms with van der Waals surface area (Å²) in [5, 5.41) is 2.91. The van der Waals surface area contributed by atoms with Gasteiger partial charge in [-0.05, 0) is 55.7 Å². The van der Waals surface area contributed by atoms with Crippen LogP contribution in [0.3, 0.4) is 0 Å². The molecule has 0 saturated heterocycles. The molecule has 1 heterocycles. The molecule has 3 aromatic rings. The third-order valence-electron chi connectivity index (χ3n) is 4.18. The van der Waals surface area contributed by atoms with Gasteiger partial charge in [0.05, 0.1) is 0 Å². The molecule has 1 N–H and O–H groups in total. The summed E-state index contributed by atoms with van der Waals surface area (Å²) in [6, 6.07) is 13.8. The van der Waals surface area contributed by atoms with Gasteiger partial charge in [0.25, 0.3) is 0 Å². The fraction of sp³-hybridized carbons (Fsp3) is 0.273. The van der Waals surface area contributed by atoms with E-state index in [4.69, 9.17) is 4.42 Å². The molecule has 2 aromatic carbocycles. The topological polar surface area (TPSA) is 55.1 Å². The zero-order valence-corrected chi connectivity index (χ0v) is 15.7. The average Bonchev–Trinajstić information content (AvgIpc) is 3.07. The van der Waals surface area contributed by atoms with E-state index < -0.39 is 0 Å². The van der Waals surface area contributed by atoms with Crippen molar-refractivity contribution in [1.29, 1.82) is 0 Å². The molecule has 0 fully saturated rings. The summed E-state index contributed by atoms with van der Waals surface area (Å²) >= 11 is 0. The number of carbonyl (C=O) groups excluding carboxylic acids is 1. The van der Waals surface area contributed by atoms with E-state index in [1.54, 1.807) is 6.26 Å². The van der Waals surface area contributed by atoms with E-state index in [0.717, 1.165) is 22.5 Å². The highest BCUT2D eigenvalue weighted by Gasteiger charge is 2.11. The van der Waals surface area contributed by atoms with Gasteiger partial charge >= 0.3 is 0 Å². The number of hydrogen-bond acceptors (Lipinski definition) is 3. The van der Waals surface area contributed by atoms with E-state index in [1.165, 1.54) is 11.1 Å². The number of carbonyl (C=O) groups is 1. The molecule has 0 radical (unpaired) electrons. The molecule has 134 valence electrons. The highest BCUT2D eigenvalue weighted by atomic mass is 16.3. The molecule has 0 saturated carbocycles. The first-order valence-electron chi connectivity index (χ1n) is 8.86. The van der Waals surface area contributed by atoms with Crippen LogP contribution in [-0.2, 0) is 4.79 Å². The van der Waals surface area contributed by atoms with Gasteiger partial charge in [0.15, 0.2) is 0 Å². The Morgan fingerprint density at radius 2 is 1.85 bits per heavy atom. The van der Waals surface area contributed by atoms with Crippen molar-refractivity contribution in [2.75, 3.05) is 5.32 Å². The summed E-state index contributed by atoms with van der Waals surface area (Å²) < 4.78 is 5.68. The number of benzene rings is 2. The minimum atomic E-state index is 0.0288. The first-order chi connectivity index (χ1) is 12.4. The van der Waals surface area contributed by atoms with E-state index in [-0.39, 0.29) is 5.91 Å². The highest BCUT2D eigenvalue weighted by Crippen LogP contribution is 2.28. The van der Waals surface area contributed by atoms with Crippen LogP contribution in [0.25, 0.3) is 22.7 Å². The van der Waals surface area contributed by atoms with Crippen LogP contribution in [0.15, 0.2) is 53.1 Å². The van der Waals surface area contributed by atoms with Gasteiger partial charge in [-0.2, -0.15) is 0 Å². The molecule has 0 aliphatic rings. The van der Waals surface area contributed by atoms with Crippen LogP contribution in [0.5, 0.6) is 0 Å². The number of aryl methyl sites for hydroxylation is 2. The standard InChI is InChI=1S/C22H24N2O2/c1-14(2)11-21(25)23-18-9-7-17(8-10-18)22-24-20(13-26-22)19-12-15(3)5-6-16(19)4/h5-10,12-14H,11H2,1-4H3,(H,23,25). The number of nitrogens with zero attached hydrogens (tertiary/aromatic N) is 1. The van der Waals surface area contributed by atoms with Crippen LogP contribution < -0.4 is 5.32 Å². The summed E-state index contributed by atoms with van der Waals surface area (Å²) in [6.07, 6.45) is 2.20. The number of rotatable bonds is 5. The van der Waals surface area contributed by atoms with Crippen LogP contribution in [0, 0.1) is 19.8 Å². The van der Waals surface area contributed by atoms with E-state index in [0.29, 0.717) is 18.2 Å². The summed E-state index contributed by atoms with van der Waals surface area (Å²) in [6.45, 7) is 8.19. The lowest BCUT2D eigenvalue weighted by molar-refractivity contribution is -0.116. The number of nitrogens with one attached hydrogen (secondary N) is 1. The molecule has 0 aliphatic heterocycles. The molecule has 26 heavy (non-hydrogen) atoms. The second-order valence-corrected chi connectivity index (χ2v) is 7.08. The van der Waals surface area contributed by atoms with E-state index in [1.807, 2.05) is 38.1 Å². The summed E-state index contributed by atoms with van der Waals surface area (Å²) in [7, 11) is 0. The monoisotopic (exact) mass is 348 g/mol. The lowest BCUT2D eigenvalue weighted by Crippen LogP contribution is -2.13. The predicted octanol–water partition coefficient (Wildman–Crippen LogP) is 5.61. The van der Waals surface area contributed by atoms with E-state index >= 15 is 0 Å². The lowest BCUT2D eigenvalue weighted by atomic mass is 10.0. The Bertz CT molecular complexity index is 908. The first kappa shape index (κ1) is 17.9. The number of hydrogen-bond donors (Lipinski definition) is 1. The van der Waals surface area contributed by atoms with Crippen molar-refractivity contribution >= 4 is 11.6 Å². The van der Waals surface area contributed by atoms with Crippen molar-refractivity contribution in [2.24, 2.45) is 5.92 Å². The van der Waals surface area contributed by atoms with Crippen LogP contribution in [0.4, 0.5) is 5.69 Å². The summed E-state index contributed by atoms with van der Waals surface area (Å²) in [5.41, 5.74) is 5.92. The number of anilines is 1. The third-order valence-corrected chi connectivity index (χ3v) is 4.18. The maximum absolute atomic E-state index is 11.9. The molecule has 0 atom stereocenters. The molecule has 3 rings (SSSR count). The van der Waals surface area contributed by atoms with Crippen molar-refractivity contribution in [3.8, 4) is 22.7 Å². The number of amides is 1. The molecule has 4 nitrogen and oxygen atoms in total. The Balaban J connectivity index is 1.77. The van der Waals surface area contributed by atoms with Crippen molar-refractivity contribution < 1.29 is 9.21 Å². The smallest absolute Gasteiger partial charge is 0.226 e. The number of oxazole rings is 1. The second kappa shape index (κ2) is 7.56. The van der Waals surface area contributed by atoms with Gasteiger partial charge in [-0.25, -0.2) is 4.98 Å². The Morgan fingerprint density at radius 3 is 2.54 bits per heavy atom. The zero-order valence-electron chi connectivity index (χ0n) is 15.7. The maximum atomic E-state index is 11.9. The molecule has 1 amide bonds. The Labute approximate surface area is 154 Å². The van der Waals surface area contributed by atoms with Gasteiger partial charge in [-0.3, -0.25) is 4.79 Å². The Hall–Kier alpha value is -2.88. The molecular weight excluding hydrogens is 324 g/mol. The van der Waals surface area contributed by atoms with Crippen molar-refractivity contribution in [2.45, 2.75) is 34.1 Å². The van der Waals surface area contributed by atoms with Crippen molar-refractivity contribution in [3.63, 3.8) is 0 Å². The first-order valence-corrected chi connectivity index (χ1v) is 8.86. The van der Waals surface area contributed by atoms with Crippen molar-refractivity contribution in [1.82, 2.24) is 4.98 Å². The summed E-state index contributed by atoms with van der Waals surface area (Å²) in [4.78, 5) is 16.5. The van der Waals surface area contributed by atoms with Gasteiger partial charge in [0, 0.05) is 23.2 Å². The number of aromatic nitrogens is 1. The minimum absolute atomic E-state index is 0.0288. The van der Waals surface area contributed by atoms with Crippen LogP contribution in [0.1, 0.15) is 31.4 Å². The molecule has 0 bridgehead atoms. The fourth-order valence-electron chi connectivity index (χ4n) is 2.82. The minimum Gasteiger partial charge on any atom is -0.444 e. The largest absolute Gasteiger partial charge is 0.444 e. The molecule has 4 heteroatoms. The Morgan fingerprint density at radius 1 is 1.12 bits per heavy atom. The Kier molecular flexibility index (Phi) is 5.21. The van der Waals surface area contributed by atoms with Crippen LogP contribution in [-0.4, -0.2) is 10.9 Å². The van der Waals surface area contributed by atoms with E-state index in [9.17, 15) is 4.79 Å². The molecule has 0 aliphatic carbocycles. The van der Waals surface area contributed by atoms with Gasteiger partial charge in [-0.15, -0.1) is 0 Å². The van der Waals surface area contributed by atoms with Gasteiger partial charge in [0.1, 0.15) is 12.0 Å². The maximum Gasteiger partial charge on any atom is 0.226 e. The summed E-state index contributed by atoms with van der Waals surface area (Å²) in [5.74, 6) is 0.937. The molecule has 0 spiro atoms.